The third-order valence-electron chi connectivity index (χ3n) is 4.75. The average molecular weight is 318 g/mol. The molecule has 126 valence electrons. The largest absolute Gasteiger partial charge is 0.497 e. The van der Waals surface area contributed by atoms with E-state index in [1.165, 1.54) is 6.42 Å². The number of piperazine rings is 1. The molecule has 23 heavy (non-hydrogen) atoms. The van der Waals surface area contributed by atoms with Crippen molar-refractivity contribution in [3.05, 3.63) is 23.8 Å². The fourth-order valence-corrected chi connectivity index (χ4v) is 3.42. The number of methoxy groups -OCH3 is 1. The van der Waals surface area contributed by atoms with Gasteiger partial charge in [0.2, 0.25) is 5.91 Å². The lowest BCUT2D eigenvalue weighted by atomic mass is 9.95. The molecule has 0 unspecified atom stereocenters. The Labute approximate surface area is 138 Å². The number of carbonyl (C=O) groups excluding carboxylic acids is 1. The van der Waals surface area contributed by atoms with Crippen molar-refractivity contribution in [1.29, 1.82) is 0 Å². The SMILES string of the molecule is CCCN1CCN(C(=O)[C@H]2COc3ccc(OC)cc3C2)CC1. The molecule has 0 spiro atoms. The van der Waals surface area contributed by atoms with Gasteiger partial charge in [-0.05, 0) is 43.1 Å². The van der Waals surface area contributed by atoms with Crippen LogP contribution in [-0.2, 0) is 11.2 Å². The fraction of sp³-hybridized carbons (Fsp3) is 0.611. The number of fused-ring (bicyclic) bond motifs is 1. The Morgan fingerprint density at radius 1 is 1.30 bits per heavy atom. The third kappa shape index (κ3) is 3.61. The molecule has 1 amide bonds. The Hall–Kier alpha value is -1.75. The van der Waals surface area contributed by atoms with Crippen molar-refractivity contribution in [1.82, 2.24) is 9.80 Å². The molecule has 0 bridgehead atoms. The van der Waals surface area contributed by atoms with Crippen LogP contribution in [0.15, 0.2) is 18.2 Å². The Bertz CT molecular complexity index is 553. The summed E-state index contributed by atoms with van der Waals surface area (Å²) < 4.78 is 11.1. The van der Waals surface area contributed by atoms with Crippen molar-refractivity contribution in [3.8, 4) is 11.5 Å². The summed E-state index contributed by atoms with van der Waals surface area (Å²) in [6.07, 6.45) is 1.91. The van der Waals surface area contributed by atoms with Crippen LogP contribution in [0.3, 0.4) is 0 Å². The molecule has 2 aliphatic rings. The third-order valence-corrected chi connectivity index (χ3v) is 4.75. The lowest BCUT2D eigenvalue weighted by Gasteiger charge is -2.37. The van der Waals surface area contributed by atoms with E-state index in [2.05, 4.69) is 11.8 Å². The molecule has 0 saturated carbocycles. The maximum Gasteiger partial charge on any atom is 0.229 e. The van der Waals surface area contributed by atoms with Crippen LogP contribution in [-0.4, -0.2) is 62.1 Å². The fourth-order valence-electron chi connectivity index (χ4n) is 3.42. The topological polar surface area (TPSA) is 42.0 Å². The van der Waals surface area contributed by atoms with E-state index in [-0.39, 0.29) is 11.8 Å². The Kier molecular flexibility index (Phi) is 5.06. The number of hydrogen-bond donors (Lipinski definition) is 0. The van der Waals surface area contributed by atoms with Crippen LogP contribution < -0.4 is 9.47 Å². The average Bonchev–Trinajstić information content (AvgIpc) is 2.61. The van der Waals surface area contributed by atoms with Crippen molar-refractivity contribution in [3.63, 3.8) is 0 Å². The van der Waals surface area contributed by atoms with Gasteiger partial charge in [0.25, 0.3) is 0 Å². The van der Waals surface area contributed by atoms with Crippen LogP contribution >= 0.6 is 0 Å². The molecule has 0 N–H and O–H groups in total. The van der Waals surface area contributed by atoms with Gasteiger partial charge in [-0.1, -0.05) is 6.92 Å². The first-order chi connectivity index (χ1) is 11.2. The minimum absolute atomic E-state index is 0.0765. The summed E-state index contributed by atoms with van der Waals surface area (Å²) in [7, 11) is 1.66. The Morgan fingerprint density at radius 3 is 2.78 bits per heavy atom. The molecule has 1 aromatic carbocycles. The smallest absolute Gasteiger partial charge is 0.229 e. The highest BCUT2D eigenvalue weighted by Gasteiger charge is 2.31. The number of hydrogen-bond acceptors (Lipinski definition) is 4. The normalized spacial score (nSPS) is 21.5. The molecule has 0 aromatic heterocycles. The van der Waals surface area contributed by atoms with Gasteiger partial charge < -0.3 is 14.4 Å². The molecule has 1 aromatic rings. The first-order valence-corrected chi connectivity index (χ1v) is 8.52. The summed E-state index contributed by atoms with van der Waals surface area (Å²) in [6.45, 7) is 7.44. The minimum Gasteiger partial charge on any atom is -0.497 e. The van der Waals surface area contributed by atoms with Gasteiger partial charge in [-0.3, -0.25) is 9.69 Å². The van der Waals surface area contributed by atoms with Crippen molar-refractivity contribution in [2.24, 2.45) is 5.92 Å². The van der Waals surface area contributed by atoms with E-state index in [0.717, 1.165) is 56.2 Å². The highest BCUT2D eigenvalue weighted by atomic mass is 16.5. The van der Waals surface area contributed by atoms with Crippen molar-refractivity contribution < 1.29 is 14.3 Å². The van der Waals surface area contributed by atoms with Crippen molar-refractivity contribution in [2.45, 2.75) is 19.8 Å². The maximum absolute atomic E-state index is 12.8. The molecule has 0 aliphatic carbocycles. The molecule has 3 rings (SSSR count). The van der Waals surface area contributed by atoms with E-state index in [1.807, 2.05) is 23.1 Å². The van der Waals surface area contributed by atoms with Gasteiger partial charge in [-0.15, -0.1) is 0 Å². The van der Waals surface area contributed by atoms with Gasteiger partial charge in [0, 0.05) is 26.2 Å². The van der Waals surface area contributed by atoms with Gasteiger partial charge in [-0.2, -0.15) is 0 Å². The zero-order valence-corrected chi connectivity index (χ0v) is 14.1. The second kappa shape index (κ2) is 7.21. The molecular formula is C18H26N2O3. The Morgan fingerprint density at radius 2 is 2.09 bits per heavy atom. The molecule has 2 aliphatic heterocycles. The summed E-state index contributed by atoms with van der Waals surface area (Å²) in [5.74, 6) is 1.85. The molecule has 1 saturated heterocycles. The van der Waals surface area contributed by atoms with E-state index >= 15 is 0 Å². The zero-order chi connectivity index (χ0) is 16.2. The number of rotatable bonds is 4. The number of nitrogens with zero attached hydrogens (tertiary/aromatic N) is 2. The van der Waals surface area contributed by atoms with Crippen molar-refractivity contribution in [2.75, 3.05) is 46.4 Å². The van der Waals surface area contributed by atoms with E-state index in [0.29, 0.717) is 6.61 Å². The predicted molar refractivity (Wildman–Crippen MR) is 89.0 cm³/mol. The zero-order valence-electron chi connectivity index (χ0n) is 14.1. The summed E-state index contributed by atoms with van der Waals surface area (Å²) in [4.78, 5) is 17.2. The summed E-state index contributed by atoms with van der Waals surface area (Å²) in [5, 5.41) is 0. The highest BCUT2D eigenvalue weighted by Crippen LogP contribution is 2.31. The van der Waals surface area contributed by atoms with Gasteiger partial charge >= 0.3 is 0 Å². The Balaban J connectivity index is 1.61. The standard InChI is InChI=1S/C18H26N2O3/c1-3-6-19-7-9-20(10-8-19)18(21)15-11-14-12-16(22-2)4-5-17(14)23-13-15/h4-5,12,15H,3,6-11,13H2,1-2H3/t15-/m1/s1. The first-order valence-electron chi connectivity index (χ1n) is 8.52. The van der Waals surface area contributed by atoms with E-state index in [4.69, 9.17) is 9.47 Å². The van der Waals surface area contributed by atoms with Crippen LogP contribution in [0.2, 0.25) is 0 Å². The lowest BCUT2D eigenvalue weighted by molar-refractivity contribution is -0.138. The number of carbonyl (C=O) groups is 1. The minimum atomic E-state index is -0.0765. The van der Waals surface area contributed by atoms with Crippen LogP contribution in [0.25, 0.3) is 0 Å². The van der Waals surface area contributed by atoms with Crippen LogP contribution in [0.5, 0.6) is 11.5 Å². The number of benzene rings is 1. The highest BCUT2D eigenvalue weighted by molar-refractivity contribution is 5.80. The summed E-state index contributed by atoms with van der Waals surface area (Å²) >= 11 is 0. The molecule has 5 nitrogen and oxygen atoms in total. The number of amides is 1. The molecule has 0 radical (unpaired) electrons. The van der Waals surface area contributed by atoms with Crippen LogP contribution in [0, 0.1) is 5.92 Å². The van der Waals surface area contributed by atoms with Gasteiger partial charge in [0.05, 0.1) is 13.0 Å². The maximum atomic E-state index is 12.8. The van der Waals surface area contributed by atoms with Gasteiger partial charge in [0.15, 0.2) is 0 Å². The molecule has 1 atom stereocenters. The molecule has 5 heteroatoms. The van der Waals surface area contributed by atoms with E-state index < -0.39 is 0 Å². The summed E-state index contributed by atoms with van der Waals surface area (Å²) in [6, 6.07) is 5.81. The van der Waals surface area contributed by atoms with E-state index in [9.17, 15) is 4.79 Å². The molecule has 1 fully saturated rings. The first kappa shape index (κ1) is 16.1. The second-order valence-electron chi connectivity index (χ2n) is 6.35. The second-order valence-corrected chi connectivity index (χ2v) is 6.35. The monoisotopic (exact) mass is 318 g/mol. The molecular weight excluding hydrogens is 292 g/mol. The van der Waals surface area contributed by atoms with Crippen LogP contribution in [0.1, 0.15) is 18.9 Å². The predicted octanol–water partition coefficient (Wildman–Crippen LogP) is 1.80. The quantitative estimate of drug-likeness (QED) is 0.849. The van der Waals surface area contributed by atoms with Gasteiger partial charge in [-0.25, -0.2) is 0 Å². The van der Waals surface area contributed by atoms with Gasteiger partial charge in [0.1, 0.15) is 18.1 Å². The number of ether oxygens (including phenoxy) is 2. The lowest BCUT2D eigenvalue weighted by Crippen LogP contribution is -2.51. The van der Waals surface area contributed by atoms with Crippen molar-refractivity contribution >= 4 is 5.91 Å². The summed E-state index contributed by atoms with van der Waals surface area (Å²) in [5.41, 5.74) is 1.07. The molecule has 2 heterocycles. The van der Waals surface area contributed by atoms with E-state index in [1.54, 1.807) is 7.11 Å². The van der Waals surface area contributed by atoms with Crippen LogP contribution in [0.4, 0.5) is 0 Å².